The molecule has 0 aromatic heterocycles. The second-order valence-corrected chi connectivity index (χ2v) is 4.72. The molecule has 0 aliphatic carbocycles. The van der Waals surface area contributed by atoms with Gasteiger partial charge in [0.05, 0.1) is 0 Å². The zero-order chi connectivity index (χ0) is 13.4. The summed E-state index contributed by atoms with van der Waals surface area (Å²) in [6, 6.07) is 9.23. The molecule has 0 aliphatic rings. The minimum atomic E-state index is 0.403. The summed E-state index contributed by atoms with van der Waals surface area (Å²) in [6.45, 7) is 7.29. The normalized spacial score (nSPS) is 11.7. The van der Waals surface area contributed by atoms with Crippen molar-refractivity contribution in [2.75, 3.05) is 13.6 Å². The Hall–Kier alpha value is -1.51. The molecule has 0 bridgehead atoms. The van der Waals surface area contributed by atoms with E-state index in [4.69, 9.17) is 0 Å². The van der Waals surface area contributed by atoms with Gasteiger partial charge in [0.25, 0.3) is 0 Å². The van der Waals surface area contributed by atoms with Crippen LogP contribution < -0.4 is 10.6 Å². The largest absolute Gasteiger partial charge is 0.356 e. The third-order valence-electron chi connectivity index (χ3n) is 2.79. The second-order valence-electron chi connectivity index (χ2n) is 4.72. The van der Waals surface area contributed by atoms with Crippen LogP contribution in [0.25, 0.3) is 0 Å². The summed E-state index contributed by atoms with van der Waals surface area (Å²) in [5, 5.41) is 6.59. The highest BCUT2D eigenvalue weighted by molar-refractivity contribution is 5.79. The third kappa shape index (κ3) is 5.21. The highest BCUT2D eigenvalue weighted by Crippen LogP contribution is 2.05. The lowest BCUT2D eigenvalue weighted by Crippen LogP contribution is -2.41. The molecule has 18 heavy (non-hydrogen) atoms. The monoisotopic (exact) mass is 247 g/mol. The first-order valence-electron chi connectivity index (χ1n) is 6.70. The smallest absolute Gasteiger partial charge is 0.191 e. The zero-order valence-corrected chi connectivity index (χ0v) is 12.0. The first kappa shape index (κ1) is 14.6. The fourth-order valence-corrected chi connectivity index (χ4v) is 1.73. The molecule has 0 amide bonds. The average Bonchev–Trinajstić information content (AvgIpc) is 2.38. The molecule has 3 heteroatoms. The molecule has 0 aliphatic heterocycles. The van der Waals surface area contributed by atoms with Gasteiger partial charge in [-0.15, -0.1) is 0 Å². The molecule has 1 rings (SSSR count). The van der Waals surface area contributed by atoms with Gasteiger partial charge in [0, 0.05) is 19.6 Å². The number of guanidine groups is 1. The Bertz CT molecular complexity index is 366. The summed E-state index contributed by atoms with van der Waals surface area (Å²) in [7, 11) is 1.80. The Morgan fingerprint density at radius 3 is 2.28 bits per heavy atom. The second kappa shape index (κ2) is 7.75. The third-order valence-corrected chi connectivity index (χ3v) is 2.79. The molecule has 1 aromatic carbocycles. The number of nitrogens with one attached hydrogen (secondary N) is 2. The van der Waals surface area contributed by atoms with E-state index in [-0.39, 0.29) is 0 Å². The lowest BCUT2D eigenvalue weighted by molar-refractivity contribution is 0.698. The van der Waals surface area contributed by atoms with E-state index in [1.165, 1.54) is 11.1 Å². The van der Waals surface area contributed by atoms with Crippen LogP contribution in [-0.2, 0) is 12.8 Å². The van der Waals surface area contributed by atoms with Crippen molar-refractivity contribution in [3.8, 4) is 0 Å². The van der Waals surface area contributed by atoms with E-state index in [0.29, 0.717) is 6.04 Å². The number of aliphatic imine (C=N–C) groups is 1. The molecule has 0 atom stereocenters. The van der Waals surface area contributed by atoms with Crippen LogP contribution in [0.2, 0.25) is 0 Å². The highest BCUT2D eigenvalue weighted by atomic mass is 15.2. The van der Waals surface area contributed by atoms with Crippen molar-refractivity contribution < 1.29 is 0 Å². The Morgan fingerprint density at radius 1 is 1.17 bits per heavy atom. The van der Waals surface area contributed by atoms with Crippen molar-refractivity contribution in [2.45, 2.75) is 39.7 Å². The summed E-state index contributed by atoms with van der Waals surface area (Å²) in [5.41, 5.74) is 2.75. The van der Waals surface area contributed by atoms with E-state index >= 15 is 0 Å². The van der Waals surface area contributed by atoms with Gasteiger partial charge in [0.1, 0.15) is 0 Å². The number of hydrogen-bond donors (Lipinski definition) is 2. The van der Waals surface area contributed by atoms with Crippen molar-refractivity contribution in [1.29, 1.82) is 0 Å². The zero-order valence-electron chi connectivity index (χ0n) is 12.0. The van der Waals surface area contributed by atoms with Gasteiger partial charge in [0.2, 0.25) is 0 Å². The van der Waals surface area contributed by atoms with Gasteiger partial charge < -0.3 is 10.6 Å². The maximum Gasteiger partial charge on any atom is 0.191 e. The Kier molecular flexibility index (Phi) is 6.26. The quantitative estimate of drug-likeness (QED) is 0.619. The molecule has 0 saturated carbocycles. The lowest BCUT2D eigenvalue weighted by atomic mass is 10.1. The average molecular weight is 247 g/mol. The predicted octanol–water partition coefficient (Wildman–Crippen LogP) is 2.36. The van der Waals surface area contributed by atoms with Gasteiger partial charge in [-0.25, -0.2) is 0 Å². The van der Waals surface area contributed by atoms with E-state index < -0.39 is 0 Å². The molecule has 2 N–H and O–H groups in total. The van der Waals surface area contributed by atoms with Crippen molar-refractivity contribution >= 4 is 5.96 Å². The van der Waals surface area contributed by atoms with Crippen LogP contribution in [0.3, 0.4) is 0 Å². The summed E-state index contributed by atoms with van der Waals surface area (Å²) in [5.74, 6) is 0.871. The van der Waals surface area contributed by atoms with Crippen LogP contribution in [0.4, 0.5) is 0 Å². The fraction of sp³-hybridized carbons (Fsp3) is 0.533. The van der Waals surface area contributed by atoms with E-state index in [1.807, 2.05) is 0 Å². The first-order valence-corrected chi connectivity index (χ1v) is 6.70. The van der Waals surface area contributed by atoms with Gasteiger partial charge in [-0.3, -0.25) is 4.99 Å². The molecule has 3 nitrogen and oxygen atoms in total. The predicted molar refractivity (Wildman–Crippen MR) is 79.2 cm³/mol. The lowest BCUT2D eigenvalue weighted by Gasteiger charge is -2.14. The molecular formula is C15H25N3. The van der Waals surface area contributed by atoms with Crippen LogP contribution in [0.15, 0.2) is 29.3 Å². The van der Waals surface area contributed by atoms with Crippen molar-refractivity contribution in [3.63, 3.8) is 0 Å². The number of rotatable bonds is 5. The number of benzene rings is 1. The van der Waals surface area contributed by atoms with Crippen LogP contribution in [0.5, 0.6) is 0 Å². The SMILES string of the molecule is CCc1ccc(CCNC(=NC)NC(C)C)cc1. The van der Waals surface area contributed by atoms with Crippen molar-refractivity contribution in [2.24, 2.45) is 4.99 Å². The molecule has 0 radical (unpaired) electrons. The summed E-state index contributed by atoms with van der Waals surface area (Å²) < 4.78 is 0. The Labute approximate surface area is 111 Å². The molecule has 0 spiro atoms. The molecule has 0 saturated heterocycles. The Balaban J connectivity index is 2.36. The topological polar surface area (TPSA) is 36.4 Å². The molecule has 0 unspecified atom stereocenters. The van der Waals surface area contributed by atoms with Gasteiger partial charge >= 0.3 is 0 Å². The van der Waals surface area contributed by atoms with Crippen LogP contribution in [0.1, 0.15) is 31.9 Å². The minimum absolute atomic E-state index is 0.403. The maximum atomic E-state index is 4.18. The van der Waals surface area contributed by atoms with Crippen molar-refractivity contribution in [3.05, 3.63) is 35.4 Å². The Morgan fingerprint density at radius 2 is 1.78 bits per heavy atom. The fourth-order valence-electron chi connectivity index (χ4n) is 1.73. The van der Waals surface area contributed by atoms with Crippen molar-refractivity contribution in [1.82, 2.24) is 10.6 Å². The van der Waals surface area contributed by atoms with E-state index in [1.54, 1.807) is 7.05 Å². The molecule has 0 heterocycles. The first-order chi connectivity index (χ1) is 8.65. The van der Waals surface area contributed by atoms with E-state index in [2.05, 4.69) is 60.7 Å². The summed E-state index contributed by atoms with van der Waals surface area (Å²) >= 11 is 0. The maximum absolute atomic E-state index is 4.18. The van der Waals surface area contributed by atoms with Crippen LogP contribution in [-0.4, -0.2) is 25.6 Å². The standard InChI is InChI=1S/C15H25N3/c1-5-13-6-8-14(9-7-13)10-11-17-15(16-4)18-12(2)3/h6-9,12H,5,10-11H2,1-4H3,(H2,16,17,18). The molecule has 100 valence electrons. The highest BCUT2D eigenvalue weighted by Gasteiger charge is 1.99. The van der Waals surface area contributed by atoms with Gasteiger partial charge in [-0.1, -0.05) is 31.2 Å². The minimum Gasteiger partial charge on any atom is -0.356 e. The van der Waals surface area contributed by atoms with Crippen LogP contribution in [0, 0.1) is 0 Å². The van der Waals surface area contributed by atoms with Gasteiger partial charge in [-0.2, -0.15) is 0 Å². The molecule has 0 fully saturated rings. The van der Waals surface area contributed by atoms with E-state index in [0.717, 1.165) is 25.3 Å². The van der Waals surface area contributed by atoms with Gasteiger partial charge in [0.15, 0.2) is 5.96 Å². The van der Waals surface area contributed by atoms with E-state index in [9.17, 15) is 0 Å². The molecule has 1 aromatic rings. The number of aryl methyl sites for hydroxylation is 1. The van der Waals surface area contributed by atoms with Crippen LogP contribution >= 0.6 is 0 Å². The summed E-state index contributed by atoms with van der Waals surface area (Å²) in [6.07, 6.45) is 2.12. The molecular weight excluding hydrogens is 222 g/mol. The number of hydrogen-bond acceptors (Lipinski definition) is 1. The number of nitrogens with zero attached hydrogens (tertiary/aromatic N) is 1. The summed E-state index contributed by atoms with van der Waals surface area (Å²) in [4.78, 5) is 4.18. The van der Waals surface area contributed by atoms with Gasteiger partial charge in [-0.05, 0) is 37.8 Å².